The number of nitrogens with zero attached hydrogens (tertiary/aromatic N) is 1. The first kappa shape index (κ1) is 15.3. The van der Waals surface area contributed by atoms with Crippen molar-refractivity contribution in [3.63, 3.8) is 0 Å². The van der Waals surface area contributed by atoms with Gasteiger partial charge in [-0.1, -0.05) is 19.9 Å². The van der Waals surface area contributed by atoms with Gasteiger partial charge in [-0.05, 0) is 30.5 Å². The molecular weight excluding hydrogens is 238 g/mol. The van der Waals surface area contributed by atoms with Gasteiger partial charge < -0.3 is 15.5 Å². The number of aryl methyl sites for hydroxylation is 1. The first-order valence-electron chi connectivity index (χ1n) is 6.68. The molecule has 0 aliphatic rings. The molecule has 4 heteroatoms. The van der Waals surface area contributed by atoms with Crippen LogP contribution in [0.3, 0.4) is 0 Å². The second kappa shape index (κ2) is 7.02. The molecule has 4 nitrogen and oxygen atoms in total. The van der Waals surface area contributed by atoms with Crippen molar-refractivity contribution >= 4 is 17.3 Å². The van der Waals surface area contributed by atoms with E-state index in [1.807, 2.05) is 20.2 Å². The highest BCUT2D eigenvalue weighted by atomic mass is 16.1. The predicted molar refractivity (Wildman–Crippen MR) is 81.8 cm³/mol. The van der Waals surface area contributed by atoms with Crippen LogP contribution in [0.2, 0.25) is 0 Å². The zero-order chi connectivity index (χ0) is 14.4. The molecule has 0 aromatic heterocycles. The minimum Gasteiger partial charge on any atom is -0.377 e. The van der Waals surface area contributed by atoms with Gasteiger partial charge in [0.1, 0.15) is 0 Å². The molecule has 19 heavy (non-hydrogen) atoms. The number of rotatable bonds is 6. The lowest BCUT2D eigenvalue weighted by atomic mass is 10.1. The molecule has 0 unspecified atom stereocenters. The van der Waals surface area contributed by atoms with E-state index in [1.54, 1.807) is 0 Å². The lowest BCUT2D eigenvalue weighted by Crippen LogP contribution is -2.32. The monoisotopic (exact) mass is 263 g/mol. The normalized spacial score (nSPS) is 10.4. The van der Waals surface area contributed by atoms with Gasteiger partial charge in [-0.25, -0.2) is 0 Å². The Bertz CT molecular complexity index is 427. The molecule has 1 rings (SSSR count). The number of nitrogens with one attached hydrogen (secondary N) is 2. The molecule has 0 saturated heterocycles. The average Bonchev–Trinajstić information content (AvgIpc) is 2.35. The molecule has 0 radical (unpaired) electrons. The largest absolute Gasteiger partial charge is 0.377 e. The zero-order valence-electron chi connectivity index (χ0n) is 12.6. The third-order valence-corrected chi connectivity index (χ3v) is 2.85. The summed E-state index contributed by atoms with van der Waals surface area (Å²) < 4.78 is 0. The van der Waals surface area contributed by atoms with Gasteiger partial charge in [-0.15, -0.1) is 0 Å². The van der Waals surface area contributed by atoms with Crippen LogP contribution < -0.4 is 15.5 Å². The third-order valence-electron chi connectivity index (χ3n) is 2.85. The summed E-state index contributed by atoms with van der Waals surface area (Å²) in [6.07, 6.45) is 0. The van der Waals surface area contributed by atoms with Crippen LogP contribution in [0, 0.1) is 12.8 Å². The number of carbonyl (C=O) groups excluding carboxylic acids is 1. The Balaban J connectivity index is 2.54. The van der Waals surface area contributed by atoms with Crippen molar-refractivity contribution in [3.05, 3.63) is 23.8 Å². The maximum absolute atomic E-state index is 11.6. The minimum absolute atomic E-state index is 0.0284. The van der Waals surface area contributed by atoms with Gasteiger partial charge >= 0.3 is 0 Å². The molecule has 106 valence electrons. The molecule has 2 N–H and O–H groups in total. The van der Waals surface area contributed by atoms with Crippen LogP contribution in [0.1, 0.15) is 19.4 Å². The van der Waals surface area contributed by atoms with Gasteiger partial charge in [-0.3, -0.25) is 4.79 Å². The van der Waals surface area contributed by atoms with Gasteiger partial charge in [0.2, 0.25) is 5.91 Å². The van der Waals surface area contributed by atoms with E-state index in [4.69, 9.17) is 0 Å². The summed E-state index contributed by atoms with van der Waals surface area (Å²) in [4.78, 5) is 13.7. The quantitative estimate of drug-likeness (QED) is 0.827. The van der Waals surface area contributed by atoms with E-state index in [-0.39, 0.29) is 5.91 Å². The summed E-state index contributed by atoms with van der Waals surface area (Å²) in [5.74, 6) is 0.504. The van der Waals surface area contributed by atoms with Crippen LogP contribution in [0.15, 0.2) is 18.2 Å². The van der Waals surface area contributed by atoms with Gasteiger partial charge in [-0.2, -0.15) is 0 Å². The lowest BCUT2D eigenvalue weighted by Gasteiger charge is -2.17. The van der Waals surface area contributed by atoms with E-state index in [0.29, 0.717) is 12.5 Å². The average molecular weight is 263 g/mol. The van der Waals surface area contributed by atoms with E-state index in [9.17, 15) is 4.79 Å². The molecule has 0 heterocycles. The Hall–Kier alpha value is -1.71. The molecular formula is C15H25N3O. The molecule has 0 atom stereocenters. The maximum atomic E-state index is 11.6. The van der Waals surface area contributed by atoms with E-state index in [1.165, 1.54) is 5.56 Å². The Morgan fingerprint density at radius 2 is 2.00 bits per heavy atom. The fourth-order valence-electron chi connectivity index (χ4n) is 1.76. The lowest BCUT2D eigenvalue weighted by molar-refractivity contribution is -0.119. The second-order valence-electron chi connectivity index (χ2n) is 5.45. The van der Waals surface area contributed by atoms with Gasteiger partial charge in [0.15, 0.2) is 0 Å². The molecule has 1 aromatic rings. The molecule has 0 bridgehead atoms. The number of hydrogen-bond acceptors (Lipinski definition) is 3. The SMILES string of the molecule is Cc1ccc(NCC(=O)NCC(C)C)cc1N(C)C. The summed E-state index contributed by atoms with van der Waals surface area (Å²) in [6, 6.07) is 6.12. The van der Waals surface area contributed by atoms with E-state index >= 15 is 0 Å². The highest BCUT2D eigenvalue weighted by Gasteiger charge is 2.05. The standard InChI is InChI=1S/C15H25N3O/c1-11(2)9-17-15(19)10-16-13-7-6-12(3)14(8-13)18(4)5/h6-8,11,16H,9-10H2,1-5H3,(H,17,19). The predicted octanol–water partition coefficient (Wildman–Crippen LogP) is 2.25. The van der Waals surface area contributed by atoms with E-state index in [2.05, 4.69) is 48.4 Å². The smallest absolute Gasteiger partial charge is 0.239 e. The molecule has 1 amide bonds. The third kappa shape index (κ3) is 5.20. The summed E-state index contributed by atoms with van der Waals surface area (Å²) in [6.45, 7) is 7.27. The van der Waals surface area contributed by atoms with E-state index < -0.39 is 0 Å². The van der Waals surface area contributed by atoms with Crippen LogP contribution in [-0.2, 0) is 4.79 Å². The molecule has 0 spiro atoms. The van der Waals surface area contributed by atoms with Crippen molar-refractivity contribution < 1.29 is 4.79 Å². The van der Waals surface area contributed by atoms with Crippen LogP contribution in [-0.4, -0.2) is 33.1 Å². The topological polar surface area (TPSA) is 44.4 Å². The molecule has 0 aliphatic heterocycles. The Morgan fingerprint density at radius 3 is 2.58 bits per heavy atom. The number of hydrogen-bond donors (Lipinski definition) is 2. The molecule has 0 aliphatic carbocycles. The van der Waals surface area contributed by atoms with Gasteiger partial charge in [0, 0.05) is 32.0 Å². The van der Waals surface area contributed by atoms with Crippen LogP contribution in [0.5, 0.6) is 0 Å². The fraction of sp³-hybridized carbons (Fsp3) is 0.533. The Labute approximate surface area is 116 Å². The molecule has 0 saturated carbocycles. The van der Waals surface area contributed by atoms with Crippen molar-refractivity contribution in [3.8, 4) is 0 Å². The van der Waals surface area contributed by atoms with Crippen molar-refractivity contribution in [1.29, 1.82) is 0 Å². The summed E-state index contributed by atoms with van der Waals surface area (Å²) in [5.41, 5.74) is 3.35. The van der Waals surface area contributed by atoms with Crippen molar-refractivity contribution in [2.45, 2.75) is 20.8 Å². The summed E-state index contributed by atoms with van der Waals surface area (Å²) in [7, 11) is 4.03. The second-order valence-corrected chi connectivity index (χ2v) is 5.45. The van der Waals surface area contributed by atoms with Crippen molar-refractivity contribution in [2.24, 2.45) is 5.92 Å². The summed E-state index contributed by atoms with van der Waals surface area (Å²) in [5, 5.41) is 6.04. The fourth-order valence-corrected chi connectivity index (χ4v) is 1.76. The summed E-state index contributed by atoms with van der Waals surface area (Å²) >= 11 is 0. The first-order chi connectivity index (χ1) is 8.90. The molecule has 0 fully saturated rings. The van der Waals surface area contributed by atoms with Crippen molar-refractivity contribution in [2.75, 3.05) is 37.4 Å². The first-order valence-corrected chi connectivity index (χ1v) is 6.68. The number of benzene rings is 1. The van der Waals surface area contributed by atoms with Gasteiger partial charge in [0.05, 0.1) is 6.54 Å². The van der Waals surface area contributed by atoms with Crippen LogP contribution in [0.25, 0.3) is 0 Å². The van der Waals surface area contributed by atoms with Gasteiger partial charge in [0.25, 0.3) is 0 Å². The number of anilines is 2. The minimum atomic E-state index is 0.0284. The Morgan fingerprint density at radius 1 is 1.32 bits per heavy atom. The highest BCUT2D eigenvalue weighted by molar-refractivity contribution is 5.81. The van der Waals surface area contributed by atoms with Crippen molar-refractivity contribution in [1.82, 2.24) is 5.32 Å². The highest BCUT2D eigenvalue weighted by Crippen LogP contribution is 2.22. The van der Waals surface area contributed by atoms with Crippen LogP contribution >= 0.6 is 0 Å². The zero-order valence-corrected chi connectivity index (χ0v) is 12.6. The maximum Gasteiger partial charge on any atom is 0.239 e. The number of carbonyl (C=O) groups is 1. The van der Waals surface area contributed by atoms with E-state index in [0.717, 1.165) is 17.9 Å². The molecule has 1 aromatic carbocycles. The van der Waals surface area contributed by atoms with Crippen LogP contribution in [0.4, 0.5) is 11.4 Å². The number of amides is 1. The Kier molecular flexibility index (Phi) is 5.67.